The summed E-state index contributed by atoms with van der Waals surface area (Å²) in [6, 6.07) is 1.50. The minimum absolute atomic E-state index is 0.0434. The molecule has 0 unspecified atom stereocenters. The van der Waals surface area contributed by atoms with Crippen LogP contribution >= 0.6 is 11.8 Å². The second kappa shape index (κ2) is 7.20. The van der Waals surface area contributed by atoms with E-state index in [-0.39, 0.29) is 29.2 Å². The molecule has 1 aliphatic heterocycles. The number of thioether (sulfide) groups is 1. The zero-order valence-electron chi connectivity index (χ0n) is 14.0. The Morgan fingerprint density at radius 2 is 2.24 bits per heavy atom. The van der Waals surface area contributed by atoms with Crippen LogP contribution in [-0.4, -0.2) is 59.3 Å². The summed E-state index contributed by atoms with van der Waals surface area (Å²) in [6.07, 6.45) is 2.04. The van der Waals surface area contributed by atoms with Gasteiger partial charge in [0, 0.05) is 12.6 Å². The molecular weight excluding hydrogens is 366 g/mol. The van der Waals surface area contributed by atoms with Gasteiger partial charge in [-0.1, -0.05) is 11.8 Å². The smallest absolute Gasteiger partial charge is 0.277 e. The molecule has 1 atom stereocenters. The highest BCUT2D eigenvalue weighted by Crippen LogP contribution is 2.27. The van der Waals surface area contributed by atoms with Crippen LogP contribution in [0.25, 0.3) is 11.5 Å². The largest absolute Gasteiger partial charge is 0.469 e. The molecule has 0 aromatic carbocycles. The Bertz CT molecular complexity index is 858. The molecule has 0 spiro atoms. The van der Waals surface area contributed by atoms with Crippen LogP contribution in [0.15, 0.2) is 26.4 Å². The molecule has 0 bridgehead atoms. The maximum atomic E-state index is 12.4. The van der Waals surface area contributed by atoms with E-state index in [1.165, 1.54) is 0 Å². The summed E-state index contributed by atoms with van der Waals surface area (Å²) in [5.41, 5.74) is 0.719. The van der Waals surface area contributed by atoms with Gasteiger partial charge < -0.3 is 13.7 Å². The lowest BCUT2D eigenvalue weighted by molar-refractivity contribution is -0.129. The van der Waals surface area contributed by atoms with Crippen LogP contribution < -0.4 is 0 Å². The number of aryl methyl sites for hydroxylation is 1. The van der Waals surface area contributed by atoms with Gasteiger partial charge in [0.25, 0.3) is 11.1 Å². The summed E-state index contributed by atoms with van der Waals surface area (Å²) in [4.78, 5) is 14.1. The minimum Gasteiger partial charge on any atom is -0.469 e. The number of nitrogens with zero attached hydrogens (tertiary/aromatic N) is 3. The van der Waals surface area contributed by atoms with Gasteiger partial charge >= 0.3 is 0 Å². The average molecular weight is 385 g/mol. The topological polar surface area (TPSA) is 107 Å². The van der Waals surface area contributed by atoms with Crippen molar-refractivity contribution in [3.8, 4) is 11.5 Å². The highest BCUT2D eigenvalue weighted by Gasteiger charge is 2.33. The van der Waals surface area contributed by atoms with Crippen molar-refractivity contribution in [2.75, 3.05) is 23.8 Å². The van der Waals surface area contributed by atoms with Gasteiger partial charge in [-0.05, 0) is 26.3 Å². The van der Waals surface area contributed by atoms with Crippen molar-refractivity contribution in [2.45, 2.75) is 31.5 Å². The Kier molecular flexibility index (Phi) is 5.19. The van der Waals surface area contributed by atoms with Gasteiger partial charge in [0.2, 0.25) is 5.91 Å². The molecule has 0 N–H and O–H groups in total. The molecule has 0 saturated carbocycles. The first-order valence-corrected chi connectivity index (χ1v) is 10.7. The number of carbonyl (C=O) groups excluding carboxylic acids is 1. The highest BCUT2D eigenvalue weighted by molar-refractivity contribution is 7.99. The van der Waals surface area contributed by atoms with Gasteiger partial charge in [-0.15, -0.1) is 10.2 Å². The van der Waals surface area contributed by atoms with Crippen molar-refractivity contribution < 1.29 is 22.0 Å². The first-order chi connectivity index (χ1) is 11.9. The van der Waals surface area contributed by atoms with Crippen LogP contribution in [0.5, 0.6) is 0 Å². The first kappa shape index (κ1) is 18.0. The molecule has 1 fully saturated rings. The molecule has 2 aromatic rings. The summed E-state index contributed by atoms with van der Waals surface area (Å²) in [6.45, 7) is 4.12. The number of rotatable bonds is 6. The van der Waals surface area contributed by atoms with Crippen molar-refractivity contribution in [3.63, 3.8) is 0 Å². The third-order valence-electron chi connectivity index (χ3n) is 4.13. The van der Waals surface area contributed by atoms with Gasteiger partial charge in [0.05, 0.1) is 29.1 Å². The lowest BCUT2D eigenvalue weighted by atomic mass is 10.2. The van der Waals surface area contributed by atoms with E-state index in [1.54, 1.807) is 24.2 Å². The van der Waals surface area contributed by atoms with Crippen LogP contribution in [0.1, 0.15) is 19.1 Å². The van der Waals surface area contributed by atoms with E-state index < -0.39 is 9.84 Å². The van der Waals surface area contributed by atoms with Crippen molar-refractivity contribution in [3.05, 3.63) is 18.1 Å². The molecule has 1 saturated heterocycles. The van der Waals surface area contributed by atoms with Crippen molar-refractivity contribution in [1.29, 1.82) is 0 Å². The van der Waals surface area contributed by atoms with E-state index in [9.17, 15) is 13.2 Å². The van der Waals surface area contributed by atoms with Gasteiger partial charge in [-0.2, -0.15) is 0 Å². The van der Waals surface area contributed by atoms with Gasteiger partial charge in [-0.25, -0.2) is 8.42 Å². The Balaban J connectivity index is 1.60. The second-order valence-corrected chi connectivity index (χ2v) is 8.94. The standard InChI is InChI=1S/C15H19N3O5S2/c1-3-18(11-5-7-25(20,21)9-11)13(19)8-24-15-17-16-14(23-15)12-4-6-22-10(12)2/h4,6,11H,3,5,7-9H2,1-2H3/t11-/m0/s1. The number of carbonyl (C=O) groups is 1. The van der Waals surface area contributed by atoms with Crippen LogP contribution in [0.2, 0.25) is 0 Å². The van der Waals surface area contributed by atoms with Crippen molar-refractivity contribution in [2.24, 2.45) is 0 Å². The first-order valence-electron chi connectivity index (χ1n) is 7.90. The Morgan fingerprint density at radius 1 is 1.44 bits per heavy atom. The van der Waals surface area contributed by atoms with Crippen molar-refractivity contribution >= 4 is 27.5 Å². The Labute approximate surface area is 149 Å². The third kappa shape index (κ3) is 4.06. The van der Waals surface area contributed by atoms with E-state index in [4.69, 9.17) is 8.83 Å². The summed E-state index contributed by atoms with van der Waals surface area (Å²) < 4.78 is 34.0. The molecule has 8 nitrogen and oxygen atoms in total. The van der Waals surface area contributed by atoms with E-state index in [2.05, 4.69) is 10.2 Å². The summed E-state index contributed by atoms with van der Waals surface area (Å²) >= 11 is 1.14. The zero-order valence-corrected chi connectivity index (χ0v) is 15.6. The molecule has 10 heteroatoms. The predicted molar refractivity (Wildman–Crippen MR) is 91.9 cm³/mol. The molecule has 0 radical (unpaired) electrons. The quantitative estimate of drug-likeness (QED) is 0.693. The fourth-order valence-corrected chi connectivity index (χ4v) is 5.23. The highest BCUT2D eigenvalue weighted by atomic mass is 32.2. The SMILES string of the molecule is CCN(C(=O)CSc1nnc(-c2ccoc2C)o1)[C@H]1CCS(=O)(=O)C1. The summed E-state index contributed by atoms with van der Waals surface area (Å²) in [5.74, 6) is 1.20. The molecular formula is C15H19N3O5S2. The van der Waals surface area contributed by atoms with Crippen LogP contribution in [-0.2, 0) is 14.6 Å². The van der Waals surface area contributed by atoms with Crippen LogP contribution in [0.3, 0.4) is 0 Å². The monoisotopic (exact) mass is 385 g/mol. The van der Waals surface area contributed by atoms with E-state index >= 15 is 0 Å². The number of furan rings is 1. The van der Waals surface area contributed by atoms with E-state index in [0.717, 1.165) is 17.3 Å². The molecule has 3 heterocycles. The Morgan fingerprint density at radius 3 is 2.84 bits per heavy atom. The molecule has 2 aromatic heterocycles. The third-order valence-corrected chi connectivity index (χ3v) is 6.68. The molecule has 136 valence electrons. The maximum Gasteiger partial charge on any atom is 0.277 e. The molecule has 1 amide bonds. The van der Waals surface area contributed by atoms with Gasteiger partial charge in [0.15, 0.2) is 9.84 Å². The Hall–Kier alpha value is -1.81. The molecule has 3 rings (SSSR count). The molecule has 25 heavy (non-hydrogen) atoms. The lowest BCUT2D eigenvalue weighted by Crippen LogP contribution is -2.41. The van der Waals surface area contributed by atoms with E-state index in [0.29, 0.717) is 29.8 Å². The zero-order chi connectivity index (χ0) is 18.0. The van der Waals surface area contributed by atoms with Gasteiger partial charge in [-0.3, -0.25) is 4.79 Å². The van der Waals surface area contributed by atoms with Crippen LogP contribution in [0, 0.1) is 6.92 Å². The lowest BCUT2D eigenvalue weighted by Gasteiger charge is -2.26. The number of hydrogen-bond acceptors (Lipinski definition) is 8. The molecule has 0 aliphatic carbocycles. The summed E-state index contributed by atoms with van der Waals surface area (Å²) in [7, 11) is -3.03. The predicted octanol–water partition coefficient (Wildman–Crippen LogP) is 1.77. The number of aromatic nitrogens is 2. The summed E-state index contributed by atoms with van der Waals surface area (Å²) in [5, 5.41) is 8.18. The van der Waals surface area contributed by atoms with E-state index in [1.807, 2.05) is 6.92 Å². The fourth-order valence-electron chi connectivity index (χ4n) is 2.85. The maximum absolute atomic E-state index is 12.4. The normalized spacial score (nSPS) is 19.2. The van der Waals surface area contributed by atoms with Crippen molar-refractivity contribution in [1.82, 2.24) is 15.1 Å². The second-order valence-electron chi connectivity index (χ2n) is 5.79. The van der Waals surface area contributed by atoms with Gasteiger partial charge in [0.1, 0.15) is 5.76 Å². The number of sulfone groups is 1. The number of amides is 1. The minimum atomic E-state index is -3.03. The fraction of sp³-hybridized carbons (Fsp3) is 0.533. The average Bonchev–Trinajstić information content (AvgIpc) is 3.26. The molecule has 1 aliphatic rings. The van der Waals surface area contributed by atoms with Crippen LogP contribution in [0.4, 0.5) is 0 Å². The number of hydrogen-bond donors (Lipinski definition) is 0.